The Hall–Kier alpha value is -3.77. The molecule has 3 aromatic carbocycles. The predicted molar refractivity (Wildman–Crippen MR) is 128 cm³/mol. The molecule has 1 unspecified atom stereocenters. The van der Waals surface area contributed by atoms with Gasteiger partial charge in [-0.25, -0.2) is 9.80 Å². The minimum Gasteiger partial charge on any atom is -0.460 e. The first-order valence-electron chi connectivity index (χ1n) is 10.4. The zero-order chi connectivity index (χ0) is 22.1. The maximum atomic E-state index is 13.0. The highest BCUT2D eigenvalue weighted by molar-refractivity contribution is 6.42. The Morgan fingerprint density at radius 2 is 1.72 bits per heavy atom. The normalized spacial score (nSPS) is 15.8. The smallest absolute Gasteiger partial charge is 0.376 e. The number of amidine groups is 1. The van der Waals surface area contributed by atoms with E-state index in [1.165, 1.54) is 0 Å². The molecular formula is C25H21ClN4O2. The minimum atomic E-state index is -0.481. The van der Waals surface area contributed by atoms with E-state index in [4.69, 9.17) is 21.4 Å². The summed E-state index contributed by atoms with van der Waals surface area (Å²) in [6, 6.07) is 25.2. The summed E-state index contributed by atoms with van der Waals surface area (Å²) in [5.74, 6) is -0.265. The van der Waals surface area contributed by atoms with Crippen molar-refractivity contribution < 1.29 is 9.53 Å². The Labute approximate surface area is 190 Å². The van der Waals surface area contributed by atoms with E-state index in [0.29, 0.717) is 5.02 Å². The van der Waals surface area contributed by atoms with Crippen LogP contribution < -0.4 is 9.91 Å². The molecule has 6 nitrogen and oxygen atoms in total. The van der Waals surface area contributed by atoms with Crippen molar-refractivity contribution in [2.24, 2.45) is 5.10 Å². The van der Waals surface area contributed by atoms with Crippen molar-refractivity contribution in [3.8, 4) is 0 Å². The van der Waals surface area contributed by atoms with Crippen molar-refractivity contribution in [1.29, 1.82) is 0 Å². The van der Waals surface area contributed by atoms with Gasteiger partial charge in [0.1, 0.15) is 0 Å². The van der Waals surface area contributed by atoms with Crippen molar-refractivity contribution in [3.63, 3.8) is 0 Å². The zero-order valence-electron chi connectivity index (χ0n) is 17.4. The number of esters is 1. The molecule has 0 fully saturated rings. The maximum Gasteiger partial charge on any atom is 0.376 e. The lowest BCUT2D eigenvalue weighted by atomic mass is 10.1. The summed E-state index contributed by atoms with van der Waals surface area (Å²) in [6.07, 6.45) is 1.56. The predicted octanol–water partition coefficient (Wildman–Crippen LogP) is 5.72. The van der Waals surface area contributed by atoms with Crippen molar-refractivity contribution in [3.05, 3.63) is 95.6 Å². The largest absolute Gasteiger partial charge is 0.460 e. The van der Waals surface area contributed by atoms with Crippen molar-refractivity contribution in [1.82, 2.24) is 4.98 Å². The number of hydrazone groups is 1. The van der Waals surface area contributed by atoms with Crippen LogP contribution in [0.4, 0.5) is 11.4 Å². The first-order chi connectivity index (χ1) is 15.7. The molecular weight excluding hydrogens is 424 g/mol. The van der Waals surface area contributed by atoms with Gasteiger partial charge in [-0.3, -0.25) is 4.90 Å². The Bertz CT molecular complexity index is 1280. The van der Waals surface area contributed by atoms with Crippen LogP contribution in [0.15, 0.2) is 90.2 Å². The van der Waals surface area contributed by atoms with Gasteiger partial charge in [-0.05, 0) is 49.4 Å². The number of carbonyl (C=O) groups is 1. The Balaban J connectivity index is 1.73. The van der Waals surface area contributed by atoms with E-state index in [0.717, 1.165) is 27.8 Å². The van der Waals surface area contributed by atoms with E-state index >= 15 is 0 Å². The number of aromatic amines is 1. The monoisotopic (exact) mass is 444 g/mol. The van der Waals surface area contributed by atoms with Crippen molar-refractivity contribution in [2.75, 3.05) is 16.5 Å². The van der Waals surface area contributed by atoms with E-state index in [9.17, 15) is 4.79 Å². The van der Waals surface area contributed by atoms with Crippen LogP contribution in [0.5, 0.6) is 0 Å². The minimum absolute atomic E-state index is 0.216. The zero-order valence-corrected chi connectivity index (χ0v) is 18.2. The molecule has 32 heavy (non-hydrogen) atoms. The summed E-state index contributed by atoms with van der Waals surface area (Å²) in [4.78, 5) is 18.2. The van der Waals surface area contributed by atoms with Crippen LogP contribution in [-0.4, -0.2) is 23.4 Å². The highest BCUT2D eigenvalue weighted by atomic mass is 35.5. The standard InChI is InChI=1S/C25H21ClN4O2/c1-2-32-25(31)23-28-30(19-8-4-3-5-9-19)24(29(23)18-14-12-17(26)13-15-18)21-16-27-22-11-7-6-10-20(21)22/h3-16,24,27H,2H2,1H3. The Morgan fingerprint density at radius 3 is 2.47 bits per heavy atom. The first kappa shape index (κ1) is 20.2. The van der Waals surface area contributed by atoms with Gasteiger partial charge in [0, 0.05) is 33.4 Å². The van der Waals surface area contributed by atoms with Gasteiger partial charge in [-0.1, -0.05) is 48.0 Å². The van der Waals surface area contributed by atoms with Crippen LogP contribution in [0.25, 0.3) is 10.9 Å². The topological polar surface area (TPSA) is 60.9 Å². The number of fused-ring (bicyclic) bond motifs is 1. The number of halogens is 1. The molecule has 1 atom stereocenters. The Morgan fingerprint density at radius 1 is 1.00 bits per heavy atom. The number of anilines is 2. The molecule has 0 amide bonds. The SMILES string of the molecule is CCOC(=O)C1=NN(c2ccccc2)C(c2c[nH]c3ccccc23)N1c1ccc(Cl)cc1. The quantitative estimate of drug-likeness (QED) is 0.400. The van der Waals surface area contributed by atoms with Crippen LogP contribution in [0.3, 0.4) is 0 Å². The number of carbonyl (C=O) groups excluding carboxylic acids is 1. The lowest BCUT2D eigenvalue weighted by Crippen LogP contribution is -2.39. The average Bonchev–Trinajstić information content (AvgIpc) is 3.42. The van der Waals surface area contributed by atoms with Crippen LogP contribution in [0.1, 0.15) is 18.7 Å². The number of hydrogen-bond donors (Lipinski definition) is 1. The molecule has 160 valence electrons. The van der Waals surface area contributed by atoms with E-state index in [1.54, 1.807) is 19.1 Å². The van der Waals surface area contributed by atoms with E-state index in [2.05, 4.69) is 11.1 Å². The molecule has 5 rings (SSSR count). The van der Waals surface area contributed by atoms with E-state index < -0.39 is 12.1 Å². The lowest BCUT2D eigenvalue weighted by molar-refractivity contribution is -0.135. The highest BCUT2D eigenvalue weighted by Gasteiger charge is 2.42. The average molecular weight is 445 g/mol. The second kappa shape index (κ2) is 8.40. The van der Waals surface area contributed by atoms with Gasteiger partial charge in [0.2, 0.25) is 5.84 Å². The molecule has 1 N–H and O–H groups in total. The van der Waals surface area contributed by atoms with Gasteiger partial charge in [-0.15, -0.1) is 5.10 Å². The summed E-state index contributed by atoms with van der Waals surface area (Å²) in [7, 11) is 0. The molecule has 1 aliphatic heterocycles. The molecule has 7 heteroatoms. The molecule has 2 heterocycles. The summed E-state index contributed by atoms with van der Waals surface area (Å²) < 4.78 is 5.37. The fourth-order valence-electron chi connectivity index (χ4n) is 3.99. The maximum absolute atomic E-state index is 13.0. The van der Waals surface area contributed by atoms with Gasteiger partial charge in [0.25, 0.3) is 0 Å². The van der Waals surface area contributed by atoms with Gasteiger partial charge in [0.05, 0.1) is 12.3 Å². The molecule has 0 spiro atoms. The number of aromatic nitrogens is 1. The summed E-state index contributed by atoms with van der Waals surface area (Å²) in [6.45, 7) is 2.04. The number of rotatable bonds is 5. The number of H-pyrrole nitrogens is 1. The number of hydrogen-bond acceptors (Lipinski definition) is 5. The third-order valence-electron chi connectivity index (χ3n) is 5.39. The molecule has 0 saturated heterocycles. The highest BCUT2D eigenvalue weighted by Crippen LogP contribution is 2.41. The second-order valence-electron chi connectivity index (χ2n) is 7.33. The molecule has 1 aromatic heterocycles. The number of para-hydroxylation sites is 2. The van der Waals surface area contributed by atoms with Gasteiger partial charge in [-0.2, -0.15) is 0 Å². The number of nitrogens with zero attached hydrogens (tertiary/aromatic N) is 3. The molecule has 1 aliphatic rings. The van der Waals surface area contributed by atoms with Crippen LogP contribution in [0.2, 0.25) is 5.02 Å². The van der Waals surface area contributed by atoms with Crippen molar-refractivity contribution >= 4 is 45.7 Å². The van der Waals surface area contributed by atoms with Crippen molar-refractivity contribution in [2.45, 2.75) is 13.1 Å². The van der Waals surface area contributed by atoms with Crippen LogP contribution in [-0.2, 0) is 9.53 Å². The third kappa shape index (κ3) is 3.48. The van der Waals surface area contributed by atoms with E-state index in [-0.39, 0.29) is 12.4 Å². The molecule has 0 saturated carbocycles. The molecule has 0 radical (unpaired) electrons. The van der Waals surface area contributed by atoms with E-state index in [1.807, 2.05) is 76.8 Å². The van der Waals surface area contributed by atoms with Gasteiger partial charge in [0.15, 0.2) is 6.17 Å². The lowest BCUT2D eigenvalue weighted by Gasteiger charge is -2.31. The fraction of sp³-hybridized carbons (Fsp3) is 0.120. The number of benzene rings is 3. The first-order valence-corrected chi connectivity index (χ1v) is 10.8. The summed E-state index contributed by atoms with van der Waals surface area (Å²) in [5, 5.41) is 8.28. The molecule has 4 aromatic rings. The molecule has 0 bridgehead atoms. The number of nitrogens with one attached hydrogen (secondary N) is 1. The van der Waals surface area contributed by atoms with Crippen LogP contribution >= 0.6 is 11.6 Å². The summed E-state index contributed by atoms with van der Waals surface area (Å²) >= 11 is 6.15. The summed E-state index contributed by atoms with van der Waals surface area (Å²) in [5.41, 5.74) is 3.65. The fourth-order valence-corrected chi connectivity index (χ4v) is 4.11. The van der Waals surface area contributed by atoms with Crippen LogP contribution in [0, 0.1) is 0 Å². The van der Waals surface area contributed by atoms with Gasteiger partial charge < -0.3 is 9.72 Å². The Kier molecular flexibility index (Phi) is 5.29. The third-order valence-corrected chi connectivity index (χ3v) is 5.64. The second-order valence-corrected chi connectivity index (χ2v) is 7.77. The van der Waals surface area contributed by atoms with Gasteiger partial charge >= 0.3 is 5.97 Å². The molecule has 0 aliphatic carbocycles. The number of ether oxygens (including phenoxy) is 1.